The van der Waals surface area contributed by atoms with Gasteiger partial charge in [-0.2, -0.15) is 0 Å². The number of nitrogens with one attached hydrogen (secondary N) is 2. The summed E-state index contributed by atoms with van der Waals surface area (Å²) in [6, 6.07) is 7.74. The third-order valence-corrected chi connectivity index (χ3v) is 6.55. The molecule has 3 aromatic rings. The van der Waals surface area contributed by atoms with Gasteiger partial charge in [0.25, 0.3) is 5.91 Å². The van der Waals surface area contributed by atoms with Crippen LogP contribution in [-0.4, -0.2) is 22.5 Å². The number of nitrogens with two attached hydrogens (primary N) is 1. The number of aromatic amines is 1. The van der Waals surface area contributed by atoms with Gasteiger partial charge in [-0.15, -0.1) is 0 Å². The molecule has 1 aromatic heterocycles. The predicted octanol–water partition coefficient (Wildman–Crippen LogP) is 6.66. The Hall–Kier alpha value is -2.70. The standard InChI is InChI=1S/C26H31Cl2N3O3/c1-2-3-4-5-6-7-8-9-12-30-26(34)16-10-11-18-21(15-16)31-23(25(33)24(18)32)17-13-19(27)22(29)20(28)14-17/h10-11,13-15,33H,2-9,12,29H2,1H3,(H,30,34)(H,31,32). The molecule has 3 rings (SSSR count). The summed E-state index contributed by atoms with van der Waals surface area (Å²) in [5.74, 6) is -0.671. The molecule has 34 heavy (non-hydrogen) atoms. The van der Waals surface area contributed by atoms with Crippen LogP contribution in [-0.2, 0) is 0 Å². The number of halogens is 2. The minimum absolute atomic E-state index is 0.151. The van der Waals surface area contributed by atoms with Gasteiger partial charge in [0.1, 0.15) is 0 Å². The Balaban J connectivity index is 1.70. The van der Waals surface area contributed by atoms with Crippen molar-refractivity contribution in [2.45, 2.75) is 58.3 Å². The quantitative estimate of drug-likeness (QED) is 0.173. The number of H-pyrrole nitrogens is 1. The SMILES string of the molecule is CCCCCCCCCCNC(=O)c1ccc2c(=O)c(O)c(-c3cc(Cl)c(N)c(Cl)c3)[nH]c2c1. The Kier molecular flexibility index (Phi) is 9.25. The Morgan fingerprint density at radius 3 is 2.26 bits per heavy atom. The Bertz CT molecular complexity index is 1200. The number of hydrogen-bond acceptors (Lipinski definition) is 4. The van der Waals surface area contributed by atoms with Crippen LogP contribution in [0.3, 0.4) is 0 Å². The van der Waals surface area contributed by atoms with Crippen molar-refractivity contribution >= 4 is 45.7 Å². The van der Waals surface area contributed by atoms with E-state index in [4.69, 9.17) is 28.9 Å². The molecule has 0 radical (unpaired) electrons. The van der Waals surface area contributed by atoms with Crippen molar-refractivity contribution < 1.29 is 9.90 Å². The molecule has 8 heteroatoms. The van der Waals surface area contributed by atoms with E-state index in [9.17, 15) is 14.7 Å². The van der Waals surface area contributed by atoms with Crippen LogP contribution in [0.25, 0.3) is 22.2 Å². The molecule has 6 nitrogen and oxygen atoms in total. The fourth-order valence-corrected chi connectivity index (χ4v) is 4.41. The van der Waals surface area contributed by atoms with Crippen molar-refractivity contribution in [3.8, 4) is 17.0 Å². The van der Waals surface area contributed by atoms with Crippen LogP contribution in [0.5, 0.6) is 5.75 Å². The molecule has 182 valence electrons. The van der Waals surface area contributed by atoms with Crippen molar-refractivity contribution in [3.63, 3.8) is 0 Å². The number of unbranched alkanes of at least 4 members (excludes halogenated alkanes) is 7. The molecule has 0 aliphatic heterocycles. The number of carbonyl (C=O) groups excluding carboxylic acids is 1. The zero-order valence-corrected chi connectivity index (χ0v) is 20.9. The third-order valence-electron chi connectivity index (χ3n) is 5.92. The second kappa shape index (κ2) is 12.1. The highest BCUT2D eigenvalue weighted by atomic mass is 35.5. The summed E-state index contributed by atoms with van der Waals surface area (Å²) >= 11 is 12.2. The van der Waals surface area contributed by atoms with Crippen molar-refractivity contribution in [1.29, 1.82) is 0 Å². The summed E-state index contributed by atoms with van der Waals surface area (Å²) in [6.45, 7) is 2.82. The summed E-state index contributed by atoms with van der Waals surface area (Å²) in [4.78, 5) is 28.4. The molecule has 0 atom stereocenters. The lowest BCUT2D eigenvalue weighted by Gasteiger charge is -2.11. The molecule has 0 aliphatic rings. The lowest BCUT2D eigenvalue weighted by molar-refractivity contribution is 0.0953. The molecule has 0 unspecified atom stereocenters. The summed E-state index contributed by atoms with van der Waals surface area (Å²) in [7, 11) is 0. The van der Waals surface area contributed by atoms with E-state index >= 15 is 0 Å². The Morgan fingerprint density at radius 1 is 1.00 bits per heavy atom. The van der Waals surface area contributed by atoms with E-state index in [0.29, 0.717) is 23.2 Å². The maximum atomic E-state index is 12.7. The minimum atomic E-state index is -0.557. The smallest absolute Gasteiger partial charge is 0.251 e. The fraction of sp³-hybridized carbons (Fsp3) is 0.385. The second-order valence-electron chi connectivity index (χ2n) is 8.52. The first-order valence-electron chi connectivity index (χ1n) is 11.8. The molecular weight excluding hydrogens is 473 g/mol. The van der Waals surface area contributed by atoms with Crippen LogP contribution in [0.4, 0.5) is 5.69 Å². The summed E-state index contributed by atoms with van der Waals surface area (Å²) in [6.07, 6.45) is 9.58. The first-order valence-corrected chi connectivity index (χ1v) is 12.5. The van der Waals surface area contributed by atoms with E-state index in [1.807, 2.05) is 0 Å². The number of benzene rings is 2. The van der Waals surface area contributed by atoms with E-state index < -0.39 is 11.2 Å². The van der Waals surface area contributed by atoms with E-state index in [1.54, 1.807) is 12.1 Å². The van der Waals surface area contributed by atoms with Gasteiger partial charge in [-0.05, 0) is 36.8 Å². The highest BCUT2D eigenvalue weighted by molar-refractivity contribution is 6.39. The normalized spacial score (nSPS) is 11.1. The zero-order valence-electron chi connectivity index (χ0n) is 19.3. The molecule has 5 N–H and O–H groups in total. The molecule has 0 saturated carbocycles. The van der Waals surface area contributed by atoms with Crippen LogP contribution in [0.2, 0.25) is 10.0 Å². The van der Waals surface area contributed by atoms with Crippen molar-refractivity contribution in [1.82, 2.24) is 10.3 Å². The fourth-order valence-electron chi connectivity index (χ4n) is 3.92. The Morgan fingerprint density at radius 2 is 1.62 bits per heavy atom. The number of pyridine rings is 1. The first-order chi connectivity index (χ1) is 16.3. The van der Waals surface area contributed by atoms with E-state index in [0.717, 1.165) is 12.8 Å². The van der Waals surface area contributed by atoms with Gasteiger partial charge in [-0.25, -0.2) is 0 Å². The number of carbonyl (C=O) groups is 1. The molecular formula is C26H31Cl2N3O3. The van der Waals surface area contributed by atoms with Gasteiger partial charge in [-0.1, -0.05) is 75.1 Å². The van der Waals surface area contributed by atoms with Crippen molar-refractivity contribution in [3.05, 3.63) is 56.2 Å². The maximum absolute atomic E-state index is 12.7. The third kappa shape index (κ3) is 6.24. The second-order valence-corrected chi connectivity index (χ2v) is 9.34. The molecule has 0 spiro atoms. The van der Waals surface area contributed by atoms with Crippen LogP contribution >= 0.6 is 23.2 Å². The average Bonchev–Trinajstić information content (AvgIpc) is 2.83. The van der Waals surface area contributed by atoms with Crippen molar-refractivity contribution in [2.75, 3.05) is 12.3 Å². The maximum Gasteiger partial charge on any atom is 0.251 e. The van der Waals surface area contributed by atoms with Crippen LogP contribution < -0.4 is 16.5 Å². The van der Waals surface area contributed by atoms with Gasteiger partial charge >= 0.3 is 0 Å². The lowest BCUT2D eigenvalue weighted by Crippen LogP contribution is -2.24. The number of fused-ring (bicyclic) bond motifs is 1. The Labute approximate surface area is 209 Å². The van der Waals surface area contributed by atoms with Gasteiger partial charge in [0.05, 0.1) is 26.9 Å². The highest BCUT2D eigenvalue weighted by Gasteiger charge is 2.16. The molecule has 0 bridgehead atoms. The van der Waals surface area contributed by atoms with Crippen LogP contribution in [0.15, 0.2) is 35.1 Å². The first kappa shape index (κ1) is 25.9. The molecule has 0 fully saturated rings. The van der Waals surface area contributed by atoms with Gasteiger partial charge in [0, 0.05) is 23.1 Å². The minimum Gasteiger partial charge on any atom is -0.503 e. The highest BCUT2D eigenvalue weighted by Crippen LogP contribution is 2.35. The van der Waals surface area contributed by atoms with Gasteiger partial charge in [0.15, 0.2) is 5.75 Å². The number of amides is 1. The van der Waals surface area contributed by atoms with Gasteiger partial charge in [0.2, 0.25) is 5.43 Å². The zero-order chi connectivity index (χ0) is 24.7. The number of aromatic hydroxyl groups is 1. The van der Waals surface area contributed by atoms with Gasteiger partial charge in [-0.3, -0.25) is 9.59 Å². The topological polar surface area (TPSA) is 108 Å². The van der Waals surface area contributed by atoms with E-state index in [1.165, 1.54) is 56.7 Å². The predicted molar refractivity (Wildman–Crippen MR) is 141 cm³/mol. The lowest BCUT2D eigenvalue weighted by atomic mass is 10.1. The van der Waals surface area contributed by atoms with Crippen LogP contribution in [0.1, 0.15) is 68.6 Å². The van der Waals surface area contributed by atoms with E-state index in [-0.39, 0.29) is 32.7 Å². The number of aromatic nitrogens is 1. The molecule has 0 aliphatic carbocycles. The summed E-state index contributed by atoms with van der Waals surface area (Å²) in [5.41, 5.74) is 6.85. The summed E-state index contributed by atoms with van der Waals surface area (Å²) in [5, 5.41) is 14.1. The number of anilines is 1. The molecule has 0 saturated heterocycles. The number of rotatable bonds is 11. The average molecular weight is 504 g/mol. The molecule has 1 amide bonds. The molecule has 1 heterocycles. The largest absolute Gasteiger partial charge is 0.503 e. The van der Waals surface area contributed by atoms with Gasteiger partial charge < -0.3 is 21.1 Å². The van der Waals surface area contributed by atoms with Crippen molar-refractivity contribution in [2.24, 2.45) is 0 Å². The van der Waals surface area contributed by atoms with Crippen LogP contribution in [0, 0.1) is 0 Å². The molecule has 2 aromatic carbocycles. The number of nitrogen functional groups attached to an aromatic ring is 1. The number of hydrogen-bond donors (Lipinski definition) is 4. The monoisotopic (exact) mass is 503 g/mol. The van der Waals surface area contributed by atoms with E-state index in [2.05, 4.69) is 17.2 Å². The summed E-state index contributed by atoms with van der Waals surface area (Å²) < 4.78 is 0.